The van der Waals surface area contributed by atoms with Crippen LogP contribution in [0.25, 0.3) is 5.82 Å². The maximum Gasteiger partial charge on any atom is 0.253 e. The molecule has 0 fully saturated rings. The number of nitrogens with zero attached hydrogens (tertiary/aromatic N) is 3. The van der Waals surface area contributed by atoms with Crippen molar-refractivity contribution in [3.63, 3.8) is 0 Å². The monoisotopic (exact) mass is 350 g/mol. The number of nitrogens with one attached hydrogen (secondary N) is 1. The van der Waals surface area contributed by atoms with E-state index in [-0.39, 0.29) is 5.91 Å². The summed E-state index contributed by atoms with van der Waals surface area (Å²) in [4.78, 5) is 16.7. The number of rotatable bonds is 6. The van der Waals surface area contributed by atoms with E-state index in [1.54, 1.807) is 23.0 Å². The number of ether oxygens (including phenoxy) is 1. The fraction of sp³-hybridized carbons (Fsp3) is 0.250. The van der Waals surface area contributed by atoms with E-state index in [4.69, 9.17) is 4.74 Å². The van der Waals surface area contributed by atoms with E-state index >= 15 is 0 Å². The molecule has 6 nitrogen and oxygen atoms in total. The minimum atomic E-state index is -0.161. The summed E-state index contributed by atoms with van der Waals surface area (Å²) in [5.74, 6) is 1.36. The molecule has 0 radical (unpaired) electrons. The maximum absolute atomic E-state index is 12.3. The highest BCUT2D eigenvalue weighted by Crippen LogP contribution is 2.13. The van der Waals surface area contributed by atoms with Crippen molar-refractivity contribution in [3.05, 3.63) is 71.2 Å². The Hall–Kier alpha value is -3.15. The number of aromatic nitrogens is 3. The standard InChI is InChI=1S/C20H22N4O2/c1-4-26-18-8-5-16(6-9-18)12-22-20(25)17-7-10-19(21-13-17)24-15(3)11-14(2)23-24/h5-11,13H,4,12H2,1-3H3,(H,22,25). The SMILES string of the molecule is CCOc1ccc(CNC(=O)c2ccc(-n3nc(C)cc3C)nc2)cc1. The molecule has 3 rings (SSSR count). The molecule has 134 valence electrons. The zero-order valence-electron chi connectivity index (χ0n) is 15.2. The number of hydrogen-bond acceptors (Lipinski definition) is 4. The third-order valence-corrected chi connectivity index (χ3v) is 3.92. The zero-order valence-corrected chi connectivity index (χ0v) is 15.2. The smallest absolute Gasteiger partial charge is 0.253 e. The largest absolute Gasteiger partial charge is 0.494 e. The van der Waals surface area contributed by atoms with Gasteiger partial charge in [0, 0.05) is 18.4 Å². The van der Waals surface area contributed by atoms with Gasteiger partial charge in [0.2, 0.25) is 0 Å². The lowest BCUT2D eigenvalue weighted by molar-refractivity contribution is 0.0950. The highest BCUT2D eigenvalue weighted by Gasteiger charge is 2.09. The van der Waals surface area contributed by atoms with Crippen molar-refractivity contribution in [1.82, 2.24) is 20.1 Å². The van der Waals surface area contributed by atoms with Crippen LogP contribution in [-0.2, 0) is 6.54 Å². The third-order valence-electron chi connectivity index (χ3n) is 3.92. The van der Waals surface area contributed by atoms with Gasteiger partial charge in [0.05, 0.1) is 17.9 Å². The summed E-state index contributed by atoms with van der Waals surface area (Å²) in [6.07, 6.45) is 1.57. The lowest BCUT2D eigenvalue weighted by Crippen LogP contribution is -2.23. The minimum Gasteiger partial charge on any atom is -0.494 e. The van der Waals surface area contributed by atoms with Crippen molar-refractivity contribution < 1.29 is 9.53 Å². The molecule has 0 spiro atoms. The second-order valence-corrected chi connectivity index (χ2v) is 6.00. The molecule has 0 aliphatic carbocycles. The second-order valence-electron chi connectivity index (χ2n) is 6.00. The van der Waals surface area contributed by atoms with Crippen LogP contribution < -0.4 is 10.1 Å². The Morgan fingerprint density at radius 1 is 1.15 bits per heavy atom. The lowest BCUT2D eigenvalue weighted by Gasteiger charge is -2.08. The number of hydrogen-bond donors (Lipinski definition) is 1. The second kappa shape index (κ2) is 7.82. The first-order valence-corrected chi connectivity index (χ1v) is 8.56. The Morgan fingerprint density at radius 3 is 2.50 bits per heavy atom. The topological polar surface area (TPSA) is 69.0 Å². The average Bonchev–Trinajstić information content (AvgIpc) is 2.99. The number of amides is 1. The van der Waals surface area contributed by atoms with Gasteiger partial charge in [0.25, 0.3) is 5.91 Å². The van der Waals surface area contributed by atoms with E-state index < -0.39 is 0 Å². The van der Waals surface area contributed by atoms with E-state index in [2.05, 4.69) is 15.4 Å². The van der Waals surface area contributed by atoms with E-state index in [0.717, 1.165) is 22.7 Å². The molecule has 0 saturated heterocycles. The summed E-state index contributed by atoms with van der Waals surface area (Å²) >= 11 is 0. The summed E-state index contributed by atoms with van der Waals surface area (Å²) in [6, 6.07) is 13.2. The molecule has 1 amide bonds. The van der Waals surface area contributed by atoms with Crippen molar-refractivity contribution >= 4 is 5.91 Å². The van der Waals surface area contributed by atoms with Crippen molar-refractivity contribution in [2.24, 2.45) is 0 Å². The van der Waals surface area contributed by atoms with Gasteiger partial charge in [0.15, 0.2) is 5.82 Å². The van der Waals surface area contributed by atoms with Crippen LogP contribution in [0.4, 0.5) is 0 Å². The molecule has 0 aliphatic rings. The average molecular weight is 350 g/mol. The molecule has 1 N–H and O–H groups in total. The van der Waals surface area contributed by atoms with Gasteiger partial charge in [-0.05, 0) is 56.7 Å². The summed E-state index contributed by atoms with van der Waals surface area (Å²) < 4.78 is 7.17. The predicted molar refractivity (Wildman–Crippen MR) is 99.6 cm³/mol. The number of carbonyl (C=O) groups excluding carboxylic acids is 1. The van der Waals surface area contributed by atoms with Gasteiger partial charge in [-0.25, -0.2) is 9.67 Å². The maximum atomic E-state index is 12.3. The van der Waals surface area contributed by atoms with E-state index in [1.807, 2.05) is 51.1 Å². The van der Waals surface area contributed by atoms with Crippen LogP contribution in [0.3, 0.4) is 0 Å². The van der Waals surface area contributed by atoms with Crippen LogP contribution >= 0.6 is 0 Å². The first-order valence-electron chi connectivity index (χ1n) is 8.56. The third kappa shape index (κ3) is 4.08. The Labute approximate surface area is 152 Å². The first kappa shape index (κ1) is 17.7. The summed E-state index contributed by atoms with van der Waals surface area (Å²) in [5, 5.41) is 7.29. The summed E-state index contributed by atoms with van der Waals surface area (Å²) in [5.41, 5.74) is 3.46. The molecule has 0 bridgehead atoms. The molecule has 1 aromatic carbocycles. The normalized spacial score (nSPS) is 10.6. The summed E-state index contributed by atoms with van der Waals surface area (Å²) in [7, 11) is 0. The molecule has 0 saturated carbocycles. The molecule has 6 heteroatoms. The van der Waals surface area contributed by atoms with Crippen molar-refractivity contribution in [3.8, 4) is 11.6 Å². The molecule has 2 heterocycles. The van der Waals surface area contributed by atoms with Gasteiger partial charge < -0.3 is 10.1 Å². The van der Waals surface area contributed by atoms with Crippen molar-refractivity contribution in [2.75, 3.05) is 6.61 Å². The van der Waals surface area contributed by atoms with Gasteiger partial charge in [-0.2, -0.15) is 5.10 Å². The van der Waals surface area contributed by atoms with Crippen molar-refractivity contribution in [1.29, 1.82) is 0 Å². The quantitative estimate of drug-likeness (QED) is 0.741. The minimum absolute atomic E-state index is 0.161. The molecule has 0 unspecified atom stereocenters. The Balaban J connectivity index is 1.62. The van der Waals surface area contributed by atoms with Gasteiger partial charge in [-0.1, -0.05) is 12.1 Å². The molecular formula is C20H22N4O2. The first-order chi connectivity index (χ1) is 12.6. The van der Waals surface area contributed by atoms with Crippen molar-refractivity contribution in [2.45, 2.75) is 27.3 Å². The predicted octanol–water partition coefficient (Wildman–Crippen LogP) is 3.21. The van der Waals surface area contributed by atoms with Crippen LogP contribution in [0.2, 0.25) is 0 Å². The Bertz CT molecular complexity index is 883. The summed E-state index contributed by atoms with van der Waals surface area (Å²) in [6.45, 7) is 6.94. The number of benzene rings is 1. The van der Waals surface area contributed by atoms with Gasteiger partial charge in [-0.3, -0.25) is 4.79 Å². The van der Waals surface area contributed by atoms with Crippen LogP contribution in [0.15, 0.2) is 48.7 Å². The number of carbonyl (C=O) groups is 1. The highest BCUT2D eigenvalue weighted by molar-refractivity contribution is 5.93. The molecule has 3 aromatic rings. The van der Waals surface area contributed by atoms with E-state index in [0.29, 0.717) is 24.5 Å². The molecule has 2 aromatic heterocycles. The molecule has 26 heavy (non-hydrogen) atoms. The van der Waals surface area contributed by atoms with Crippen LogP contribution in [0, 0.1) is 13.8 Å². The van der Waals surface area contributed by atoms with Gasteiger partial charge >= 0.3 is 0 Å². The lowest BCUT2D eigenvalue weighted by atomic mass is 10.2. The van der Waals surface area contributed by atoms with E-state index in [9.17, 15) is 4.79 Å². The fourth-order valence-electron chi connectivity index (χ4n) is 2.66. The highest BCUT2D eigenvalue weighted by atomic mass is 16.5. The van der Waals surface area contributed by atoms with Crippen LogP contribution in [0.5, 0.6) is 5.75 Å². The Kier molecular flexibility index (Phi) is 5.31. The number of pyridine rings is 1. The molecule has 0 aliphatic heterocycles. The van der Waals surface area contributed by atoms with Gasteiger partial charge in [0.1, 0.15) is 5.75 Å². The van der Waals surface area contributed by atoms with Crippen LogP contribution in [0.1, 0.15) is 34.2 Å². The fourth-order valence-corrected chi connectivity index (χ4v) is 2.66. The van der Waals surface area contributed by atoms with E-state index in [1.165, 1.54) is 0 Å². The molecular weight excluding hydrogens is 328 g/mol. The van der Waals surface area contributed by atoms with Crippen LogP contribution in [-0.4, -0.2) is 27.3 Å². The molecule has 0 atom stereocenters. The van der Waals surface area contributed by atoms with Gasteiger partial charge in [-0.15, -0.1) is 0 Å². The number of aryl methyl sites for hydroxylation is 2. The zero-order chi connectivity index (χ0) is 18.5. The Morgan fingerprint density at radius 2 is 1.92 bits per heavy atom.